The molecule has 1 aliphatic carbocycles. The van der Waals surface area contributed by atoms with Crippen LogP contribution in [0.3, 0.4) is 0 Å². The van der Waals surface area contributed by atoms with Gasteiger partial charge in [0.1, 0.15) is 11.4 Å². The second-order valence-electron chi connectivity index (χ2n) is 6.56. The minimum absolute atomic E-state index is 0.185. The summed E-state index contributed by atoms with van der Waals surface area (Å²) >= 11 is 0. The van der Waals surface area contributed by atoms with E-state index in [0.29, 0.717) is 11.1 Å². The normalized spacial score (nSPS) is 24.6. The summed E-state index contributed by atoms with van der Waals surface area (Å²) in [6.45, 7) is 3.20. The van der Waals surface area contributed by atoms with E-state index in [1.807, 2.05) is 0 Å². The maximum absolute atomic E-state index is 15.1. The van der Waals surface area contributed by atoms with E-state index in [4.69, 9.17) is 15.6 Å². The zero-order valence-corrected chi connectivity index (χ0v) is 15.1. The van der Waals surface area contributed by atoms with Crippen molar-refractivity contribution < 1.29 is 32.2 Å². The number of carboxylic acid groups (broad SMARTS) is 1. The van der Waals surface area contributed by atoms with Crippen LogP contribution in [0.4, 0.5) is 17.6 Å². The summed E-state index contributed by atoms with van der Waals surface area (Å²) in [7, 11) is 1.03. The third-order valence-corrected chi connectivity index (χ3v) is 5.03. The first-order valence-electron chi connectivity index (χ1n) is 8.24. The van der Waals surface area contributed by atoms with Crippen LogP contribution < -0.4 is 5.73 Å². The number of hydrogen-bond acceptors (Lipinski definition) is 3. The molecule has 0 spiro atoms. The number of ether oxygens (including phenoxy) is 1. The van der Waals surface area contributed by atoms with E-state index in [2.05, 4.69) is 0 Å². The zero-order valence-electron chi connectivity index (χ0n) is 15.1. The van der Waals surface area contributed by atoms with Gasteiger partial charge in [-0.05, 0) is 29.7 Å². The Labute approximate surface area is 154 Å². The van der Waals surface area contributed by atoms with E-state index < -0.39 is 47.5 Å². The van der Waals surface area contributed by atoms with Crippen LogP contribution in [0.15, 0.2) is 41.7 Å². The zero-order chi connectivity index (χ0) is 20.6. The lowest BCUT2D eigenvalue weighted by atomic mass is 9.69. The molecule has 0 radical (unpaired) electrons. The number of nitrogens with two attached hydrogens (primary N) is 1. The Balaban J connectivity index is 2.79. The van der Waals surface area contributed by atoms with Crippen molar-refractivity contribution in [1.82, 2.24) is 0 Å². The summed E-state index contributed by atoms with van der Waals surface area (Å²) in [4.78, 5) is 11.1. The fraction of sp³-hybridized carbons (Fsp3) is 0.421. The van der Waals surface area contributed by atoms with Crippen molar-refractivity contribution >= 4 is 11.5 Å². The van der Waals surface area contributed by atoms with E-state index >= 15 is 4.39 Å². The largest absolute Gasteiger partial charge is 0.481 e. The number of carbonyl (C=O) groups is 1. The molecular weight excluding hydrogens is 366 g/mol. The lowest BCUT2D eigenvalue weighted by molar-refractivity contribution is -0.140. The van der Waals surface area contributed by atoms with E-state index in [1.165, 1.54) is 6.92 Å². The number of aryl methyl sites for hydroxylation is 1. The van der Waals surface area contributed by atoms with Crippen LogP contribution in [0.5, 0.6) is 0 Å². The van der Waals surface area contributed by atoms with Gasteiger partial charge in [-0.3, -0.25) is 4.79 Å². The SMILES string of the molecule is COC1(C(N)CC(=O)O)C(F)=C(C(F)(F)F)C=C(c2ccccc2C)C1C. The summed E-state index contributed by atoms with van der Waals surface area (Å²) in [5.41, 5.74) is 3.48. The summed E-state index contributed by atoms with van der Waals surface area (Å²) < 4.78 is 61.0. The van der Waals surface area contributed by atoms with Gasteiger partial charge in [-0.25, -0.2) is 4.39 Å². The Morgan fingerprint density at radius 1 is 1.37 bits per heavy atom. The lowest BCUT2D eigenvalue weighted by Crippen LogP contribution is -2.57. The molecule has 0 fully saturated rings. The molecule has 1 aliphatic rings. The van der Waals surface area contributed by atoms with Crippen LogP contribution in [-0.2, 0) is 9.53 Å². The number of halogens is 4. The van der Waals surface area contributed by atoms with Gasteiger partial charge in [0.2, 0.25) is 0 Å². The van der Waals surface area contributed by atoms with Crippen molar-refractivity contribution in [2.24, 2.45) is 11.7 Å². The summed E-state index contributed by atoms with van der Waals surface area (Å²) in [5.74, 6) is -3.92. The Kier molecular flexibility index (Phi) is 5.82. The van der Waals surface area contributed by atoms with E-state index in [0.717, 1.165) is 13.2 Å². The Bertz CT molecular complexity index is 800. The first-order chi connectivity index (χ1) is 12.5. The third kappa shape index (κ3) is 3.64. The average Bonchev–Trinajstić information content (AvgIpc) is 2.55. The van der Waals surface area contributed by atoms with Gasteiger partial charge < -0.3 is 15.6 Å². The standard InChI is InChI=1S/C19H21F4NO3/c1-10-6-4-5-7-12(10)13-8-14(19(21,22)23)17(20)18(27-3,11(13)2)15(24)9-16(25)26/h4-8,11,15H,9,24H2,1-3H3,(H,25,26). The topological polar surface area (TPSA) is 72.5 Å². The number of carboxylic acids is 1. The van der Waals surface area contributed by atoms with Crippen molar-refractivity contribution in [3.05, 3.63) is 52.9 Å². The minimum Gasteiger partial charge on any atom is -0.481 e. The minimum atomic E-state index is -5.00. The molecule has 0 bridgehead atoms. The van der Waals surface area contributed by atoms with Crippen molar-refractivity contribution in [3.63, 3.8) is 0 Å². The molecule has 1 aromatic carbocycles. The molecule has 0 heterocycles. The summed E-state index contributed by atoms with van der Waals surface area (Å²) in [6, 6.07) is 5.20. The second kappa shape index (κ2) is 7.44. The predicted octanol–water partition coefficient (Wildman–Crippen LogP) is 4.00. The molecule has 1 aromatic rings. The van der Waals surface area contributed by atoms with Crippen LogP contribution >= 0.6 is 0 Å². The highest BCUT2D eigenvalue weighted by molar-refractivity contribution is 5.77. The quantitative estimate of drug-likeness (QED) is 0.749. The van der Waals surface area contributed by atoms with E-state index in [9.17, 15) is 18.0 Å². The van der Waals surface area contributed by atoms with Crippen molar-refractivity contribution in [2.75, 3.05) is 7.11 Å². The molecule has 0 amide bonds. The molecule has 3 unspecified atom stereocenters. The number of aliphatic carboxylic acids is 1. The Hall–Kier alpha value is -2.19. The maximum Gasteiger partial charge on any atom is 0.419 e. The highest BCUT2D eigenvalue weighted by Crippen LogP contribution is 2.50. The Morgan fingerprint density at radius 2 is 1.96 bits per heavy atom. The van der Waals surface area contributed by atoms with Gasteiger partial charge >= 0.3 is 12.1 Å². The Morgan fingerprint density at radius 3 is 2.44 bits per heavy atom. The molecule has 0 saturated heterocycles. The van der Waals surface area contributed by atoms with Gasteiger partial charge in [0.15, 0.2) is 0 Å². The van der Waals surface area contributed by atoms with Gasteiger partial charge in [-0.15, -0.1) is 0 Å². The van der Waals surface area contributed by atoms with Gasteiger partial charge in [-0.2, -0.15) is 13.2 Å². The molecule has 4 nitrogen and oxygen atoms in total. The van der Waals surface area contributed by atoms with Crippen molar-refractivity contribution in [2.45, 2.75) is 38.1 Å². The van der Waals surface area contributed by atoms with E-state index in [1.54, 1.807) is 31.2 Å². The fourth-order valence-corrected chi connectivity index (χ4v) is 3.63. The van der Waals surface area contributed by atoms with Crippen molar-refractivity contribution in [3.8, 4) is 0 Å². The molecule has 0 saturated carbocycles. The number of allylic oxidation sites excluding steroid dienone is 2. The first kappa shape index (κ1) is 21.1. The molecule has 0 aromatic heterocycles. The highest BCUT2D eigenvalue weighted by atomic mass is 19.4. The summed E-state index contributed by atoms with van der Waals surface area (Å²) in [5, 5.41) is 9.04. The molecule has 8 heteroatoms. The molecule has 2 rings (SSSR count). The fourth-order valence-electron chi connectivity index (χ4n) is 3.63. The maximum atomic E-state index is 15.1. The number of alkyl halides is 3. The lowest BCUT2D eigenvalue weighted by Gasteiger charge is -2.45. The molecule has 148 valence electrons. The second-order valence-corrected chi connectivity index (χ2v) is 6.56. The number of methoxy groups -OCH3 is 1. The van der Waals surface area contributed by atoms with E-state index in [-0.39, 0.29) is 5.57 Å². The number of benzene rings is 1. The van der Waals surface area contributed by atoms with Crippen LogP contribution in [0.1, 0.15) is 24.5 Å². The predicted molar refractivity (Wildman–Crippen MR) is 92.5 cm³/mol. The van der Waals surface area contributed by atoms with Crippen LogP contribution in [-0.4, -0.2) is 36.0 Å². The van der Waals surface area contributed by atoms with Crippen LogP contribution in [0, 0.1) is 12.8 Å². The molecule has 0 aliphatic heterocycles. The van der Waals surface area contributed by atoms with Crippen LogP contribution in [0.25, 0.3) is 5.57 Å². The molecule has 27 heavy (non-hydrogen) atoms. The van der Waals surface area contributed by atoms with Gasteiger partial charge in [0, 0.05) is 13.0 Å². The number of hydrogen-bond donors (Lipinski definition) is 2. The third-order valence-electron chi connectivity index (χ3n) is 5.03. The van der Waals surface area contributed by atoms with Gasteiger partial charge in [-0.1, -0.05) is 31.2 Å². The monoisotopic (exact) mass is 387 g/mol. The van der Waals surface area contributed by atoms with Gasteiger partial charge in [0.05, 0.1) is 18.0 Å². The number of rotatable bonds is 5. The summed E-state index contributed by atoms with van der Waals surface area (Å²) in [6.07, 6.45) is -4.99. The average molecular weight is 387 g/mol. The van der Waals surface area contributed by atoms with Gasteiger partial charge in [0.25, 0.3) is 0 Å². The first-order valence-corrected chi connectivity index (χ1v) is 8.24. The smallest absolute Gasteiger partial charge is 0.419 e. The molecule has 3 N–H and O–H groups in total. The van der Waals surface area contributed by atoms with Crippen molar-refractivity contribution in [1.29, 1.82) is 0 Å². The highest BCUT2D eigenvalue weighted by Gasteiger charge is 2.55. The van der Waals surface area contributed by atoms with Crippen LogP contribution in [0.2, 0.25) is 0 Å². The molecular formula is C19H21F4NO3. The molecule has 3 atom stereocenters.